The van der Waals surface area contributed by atoms with Gasteiger partial charge in [0.2, 0.25) is 5.91 Å². The Morgan fingerprint density at radius 3 is 2.76 bits per heavy atom. The van der Waals surface area contributed by atoms with E-state index in [2.05, 4.69) is 10.5 Å². The van der Waals surface area contributed by atoms with E-state index in [1.54, 1.807) is 0 Å². The zero-order chi connectivity index (χ0) is 13.1. The van der Waals surface area contributed by atoms with Crippen LogP contribution in [0.4, 0.5) is 0 Å². The first-order chi connectivity index (χ1) is 7.85. The summed E-state index contributed by atoms with van der Waals surface area (Å²) in [6, 6.07) is -0.379. The van der Waals surface area contributed by atoms with Crippen molar-refractivity contribution in [1.82, 2.24) is 5.32 Å². The van der Waals surface area contributed by atoms with Crippen molar-refractivity contribution < 1.29 is 18.4 Å². The Labute approximate surface area is 100.0 Å². The molecule has 1 aliphatic heterocycles. The lowest BCUT2D eigenvalue weighted by atomic mass is 10.1. The van der Waals surface area contributed by atoms with Crippen LogP contribution in [0.3, 0.4) is 0 Å². The molecular formula is C9H17N3O4S. The summed E-state index contributed by atoms with van der Waals surface area (Å²) in [6.07, 6.45) is 1.18. The molecule has 98 valence electrons. The van der Waals surface area contributed by atoms with Gasteiger partial charge in [-0.25, -0.2) is 8.42 Å². The number of sulfone groups is 1. The summed E-state index contributed by atoms with van der Waals surface area (Å²) >= 11 is 0. The third-order valence-electron chi connectivity index (χ3n) is 2.76. The van der Waals surface area contributed by atoms with Gasteiger partial charge in [0.25, 0.3) is 0 Å². The molecule has 2 unspecified atom stereocenters. The van der Waals surface area contributed by atoms with Gasteiger partial charge >= 0.3 is 0 Å². The number of carbonyl (C=O) groups is 1. The van der Waals surface area contributed by atoms with E-state index in [1.807, 2.05) is 0 Å². The predicted octanol–water partition coefficient (Wildman–Crippen LogP) is -0.938. The fourth-order valence-corrected chi connectivity index (χ4v) is 3.32. The average molecular weight is 263 g/mol. The molecule has 0 aromatic carbocycles. The van der Waals surface area contributed by atoms with Crippen molar-refractivity contribution in [3.63, 3.8) is 0 Å². The van der Waals surface area contributed by atoms with Crippen molar-refractivity contribution in [3.05, 3.63) is 0 Å². The summed E-state index contributed by atoms with van der Waals surface area (Å²) in [4.78, 5) is 11.6. The van der Waals surface area contributed by atoms with Gasteiger partial charge in [0.05, 0.1) is 17.4 Å². The minimum absolute atomic E-state index is 0.0400. The maximum Gasteiger partial charge on any atom is 0.230 e. The topological polar surface area (TPSA) is 122 Å². The van der Waals surface area contributed by atoms with Gasteiger partial charge in [0.1, 0.15) is 0 Å². The van der Waals surface area contributed by atoms with Crippen LogP contribution in [0.1, 0.15) is 19.8 Å². The third kappa shape index (κ3) is 3.88. The maximum absolute atomic E-state index is 11.6. The van der Waals surface area contributed by atoms with Gasteiger partial charge in [-0.3, -0.25) is 4.79 Å². The Morgan fingerprint density at radius 2 is 2.24 bits per heavy atom. The molecule has 8 heteroatoms. The molecule has 0 aromatic rings. The van der Waals surface area contributed by atoms with Gasteiger partial charge in [-0.2, -0.15) is 0 Å². The Balaban J connectivity index is 2.57. The minimum atomic E-state index is -3.05. The van der Waals surface area contributed by atoms with Crippen molar-refractivity contribution in [3.8, 4) is 0 Å². The molecule has 1 aliphatic rings. The van der Waals surface area contributed by atoms with Crippen molar-refractivity contribution in [2.24, 2.45) is 16.8 Å². The molecule has 0 aliphatic carbocycles. The van der Waals surface area contributed by atoms with E-state index < -0.39 is 21.7 Å². The molecule has 1 rings (SSSR count). The highest BCUT2D eigenvalue weighted by Crippen LogP contribution is 2.12. The molecular weight excluding hydrogens is 246 g/mol. The second kappa shape index (κ2) is 5.35. The Hall–Kier alpha value is -1.31. The minimum Gasteiger partial charge on any atom is -0.409 e. The lowest BCUT2D eigenvalue weighted by Crippen LogP contribution is -2.47. The Kier molecular flexibility index (Phi) is 4.33. The highest BCUT2D eigenvalue weighted by atomic mass is 32.2. The second-order valence-corrected chi connectivity index (χ2v) is 6.44. The first kappa shape index (κ1) is 13.8. The fourth-order valence-electron chi connectivity index (χ4n) is 1.68. The molecule has 1 saturated heterocycles. The van der Waals surface area contributed by atoms with Gasteiger partial charge in [0.15, 0.2) is 15.7 Å². The Bertz CT molecular complexity index is 418. The number of nitrogens with zero attached hydrogens (tertiary/aromatic N) is 1. The summed E-state index contributed by atoms with van der Waals surface area (Å²) in [5.74, 6) is -1.26. The van der Waals surface area contributed by atoms with Crippen LogP contribution in [-0.4, -0.2) is 42.9 Å². The number of carbonyl (C=O) groups excluding carboxylic acids is 1. The monoisotopic (exact) mass is 263 g/mol. The van der Waals surface area contributed by atoms with Gasteiger partial charge in [0, 0.05) is 6.04 Å². The standard InChI is InChI=1S/C9H17N3O4S/c1-6(8(10)12-14)9(13)11-7-3-2-4-17(15,16)5-7/h6-7,14H,2-5H2,1H3,(H2,10,12)(H,11,13). The highest BCUT2D eigenvalue weighted by molar-refractivity contribution is 7.91. The van der Waals surface area contributed by atoms with E-state index in [-0.39, 0.29) is 23.4 Å². The zero-order valence-corrected chi connectivity index (χ0v) is 10.4. The molecule has 0 bridgehead atoms. The van der Waals surface area contributed by atoms with E-state index >= 15 is 0 Å². The van der Waals surface area contributed by atoms with Gasteiger partial charge in [-0.1, -0.05) is 5.16 Å². The molecule has 0 radical (unpaired) electrons. The molecule has 0 aromatic heterocycles. The first-order valence-corrected chi connectivity index (χ1v) is 7.16. The summed E-state index contributed by atoms with van der Waals surface area (Å²) in [5.41, 5.74) is 5.30. The van der Waals surface area contributed by atoms with Crippen molar-refractivity contribution in [2.45, 2.75) is 25.8 Å². The van der Waals surface area contributed by atoms with E-state index in [1.165, 1.54) is 6.92 Å². The Morgan fingerprint density at radius 1 is 1.59 bits per heavy atom. The lowest BCUT2D eigenvalue weighted by Gasteiger charge is -2.24. The van der Waals surface area contributed by atoms with E-state index in [0.29, 0.717) is 12.8 Å². The normalized spacial score (nSPS) is 26.2. The van der Waals surface area contributed by atoms with Crippen LogP contribution in [0.25, 0.3) is 0 Å². The van der Waals surface area contributed by atoms with E-state index in [9.17, 15) is 13.2 Å². The van der Waals surface area contributed by atoms with E-state index in [4.69, 9.17) is 10.9 Å². The van der Waals surface area contributed by atoms with E-state index in [0.717, 1.165) is 0 Å². The molecule has 2 atom stereocenters. The molecule has 1 amide bonds. The lowest BCUT2D eigenvalue weighted by molar-refractivity contribution is -0.123. The van der Waals surface area contributed by atoms with Crippen molar-refractivity contribution in [1.29, 1.82) is 0 Å². The quantitative estimate of drug-likeness (QED) is 0.262. The highest BCUT2D eigenvalue weighted by Gasteiger charge is 2.28. The van der Waals surface area contributed by atoms with Gasteiger partial charge in [-0.15, -0.1) is 0 Å². The summed E-state index contributed by atoms with van der Waals surface area (Å²) in [6.45, 7) is 1.49. The SMILES string of the molecule is CC(C(=O)NC1CCCS(=O)(=O)C1)C(N)=NO. The molecule has 0 saturated carbocycles. The molecule has 17 heavy (non-hydrogen) atoms. The molecule has 1 heterocycles. The van der Waals surface area contributed by atoms with Crippen LogP contribution >= 0.6 is 0 Å². The summed E-state index contributed by atoms with van der Waals surface area (Å²) in [5, 5.41) is 13.8. The number of rotatable bonds is 3. The van der Waals surface area contributed by atoms with Crippen molar-refractivity contribution in [2.75, 3.05) is 11.5 Å². The number of oxime groups is 1. The van der Waals surface area contributed by atoms with Crippen LogP contribution < -0.4 is 11.1 Å². The summed E-state index contributed by atoms with van der Waals surface area (Å²) < 4.78 is 22.7. The number of hydrogen-bond acceptors (Lipinski definition) is 5. The largest absolute Gasteiger partial charge is 0.409 e. The first-order valence-electron chi connectivity index (χ1n) is 5.34. The third-order valence-corrected chi connectivity index (χ3v) is 4.58. The van der Waals surface area contributed by atoms with Gasteiger partial charge < -0.3 is 16.3 Å². The molecule has 7 nitrogen and oxygen atoms in total. The summed E-state index contributed by atoms with van der Waals surface area (Å²) in [7, 11) is -3.05. The van der Waals surface area contributed by atoms with Crippen LogP contribution in [-0.2, 0) is 14.6 Å². The van der Waals surface area contributed by atoms with Crippen LogP contribution in [0, 0.1) is 5.92 Å². The molecule has 4 N–H and O–H groups in total. The second-order valence-electron chi connectivity index (χ2n) is 4.21. The average Bonchev–Trinajstić information content (AvgIpc) is 2.25. The van der Waals surface area contributed by atoms with Crippen LogP contribution in [0.2, 0.25) is 0 Å². The van der Waals surface area contributed by atoms with Crippen molar-refractivity contribution >= 4 is 21.6 Å². The van der Waals surface area contributed by atoms with Crippen LogP contribution in [0.5, 0.6) is 0 Å². The number of amides is 1. The number of amidine groups is 1. The molecule has 0 spiro atoms. The number of nitrogens with two attached hydrogens (primary N) is 1. The molecule has 1 fully saturated rings. The zero-order valence-electron chi connectivity index (χ0n) is 9.59. The number of nitrogens with one attached hydrogen (secondary N) is 1. The fraction of sp³-hybridized carbons (Fsp3) is 0.778. The van der Waals surface area contributed by atoms with Gasteiger partial charge in [-0.05, 0) is 19.8 Å². The predicted molar refractivity (Wildman–Crippen MR) is 62.4 cm³/mol. The number of hydrogen-bond donors (Lipinski definition) is 3. The smallest absolute Gasteiger partial charge is 0.230 e. The van der Waals surface area contributed by atoms with Crippen LogP contribution in [0.15, 0.2) is 5.16 Å². The maximum atomic E-state index is 11.6.